The average Bonchev–Trinajstić information content (AvgIpc) is 2.46. The highest BCUT2D eigenvalue weighted by atomic mass is 35.5. The molecule has 2 aromatic rings. The summed E-state index contributed by atoms with van der Waals surface area (Å²) in [5, 5.41) is 14.0. The van der Waals surface area contributed by atoms with E-state index >= 15 is 0 Å². The van der Waals surface area contributed by atoms with Crippen molar-refractivity contribution in [2.45, 2.75) is 6.54 Å². The Labute approximate surface area is 120 Å². The van der Waals surface area contributed by atoms with Crippen molar-refractivity contribution in [2.24, 2.45) is 0 Å². The van der Waals surface area contributed by atoms with Gasteiger partial charge in [-0.05, 0) is 12.1 Å². The predicted octanol–water partition coefficient (Wildman–Crippen LogP) is 3.26. The number of non-ortho nitro benzene ring substituents is 1. The van der Waals surface area contributed by atoms with Crippen LogP contribution >= 0.6 is 11.6 Å². The highest BCUT2D eigenvalue weighted by Crippen LogP contribution is 2.27. The van der Waals surface area contributed by atoms with Crippen LogP contribution in [0.4, 0.5) is 11.4 Å². The van der Waals surface area contributed by atoms with E-state index in [1.165, 1.54) is 12.1 Å². The Balaban J connectivity index is 2.13. The van der Waals surface area contributed by atoms with Crippen LogP contribution in [0.2, 0.25) is 5.02 Å². The van der Waals surface area contributed by atoms with Gasteiger partial charge in [0.25, 0.3) is 5.69 Å². The Morgan fingerprint density at radius 2 is 2.25 bits per heavy atom. The van der Waals surface area contributed by atoms with Crippen LogP contribution in [0.1, 0.15) is 5.56 Å². The van der Waals surface area contributed by atoms with Gasteiger partial charge in [0.15, 0.2) is 0 Å². The molecule has 0 amide bonds. The number of nitrogens with zero attached hydrogens (tertiary/aromatic N) is 2. The number of hydrogen-bond acceptors (Lipinski definition) is 5. The summed E-state index contributed by atoms with van der Waals surface area (Å²) in [6.07, 6.45) is 1.64. The Kier molecular flexibility index (Phi) is 4.37. The lowest BCUT2D eigenvalue weighted by Crippen LogP contribution is -2.03. The number of methoxy groups -OCH3 is 1. The first-order chi connectivity index (χ1) is 9.61. The van der Waals surface area contributed by atoms with Crippen LogP contribution in [0.5, 0.6) is 5.88 Å². The third-order valence-electron chi connectivity index (χ3n) is 2.68. The fourth-order valence-corrected chi connectivity index (χ4v) is 1.94. The van der Waals surface area contributed by atoms with Gasteiger partial charge in [-0.25, -0.2) is 4.98 Å². The molecule has 2 rings (SSSR count). The van der Waals surface area contributed by atoms with E-state index in [-0.39, 0.29) is 5.69 Å². The van der Waals surface area contributed by atoms with Gasteiger partial charge in [-0.3, -0.25) is 10.1 Å². The highest BCUT2D eigenvalue weighted by molar-refractivity contribution is 6.33. The third kappa shape index (κ3) is 3.16. The maximum absolute atomic E-state index is 10.6. The van der Waals surface area contributed by atoms with Crippen molar-refractivity contribution in [3.05, 3.63) is 57.2 Å². The van der Waals surface area contributed by atoms with E-state index in [0.29, 0.717) is 23.1 Å². The predicted molar refractivity (Wildman–Crippen MR) is 76.2 cm³/mol. The maximum Gasteiger partial charge on any atom is 0.271 e. The van der Waals surface area contributed by atoms with Gasteiger partial charge in [-0.2, -0.15) is 0 Å². The topological polar surface area (TPSA) is 77.3 Å². The molecule has 6 nitrogen and oxygen atoms in total. The maximum atomic E-state index is 10.6. The van der Waals surface area contributed by atoms with Gasteiger partial charge in [-0.15, -0.1) is 0 Å². The Morgan fingerprint density at radius 1 is 1.45 bits per heavy atom. The van der Waals surface area contributed by atoms with Gasteiger partial charge in [0, 0.05) is 30.4 Å². The van der Waals surface area contributed by atoms with Gasteiger partial charge >= 0.3 is 0 Å². The van der Waals surface area contributed by atoms with Crippen molar-refractivity contribution >= 4 is 23.0 Å². The molecule has 0 unspecified atom stereocenters. The third-order valence-corrected chi connectivity index (χ3v) is 2.99. The molecule has 0 spiro atoms. The molecule has 0 aliphatic rings. The first-order valence-electron chi connectivity index (χ1n) is 5.77. The molecule has 1 heterocycles. The molecule has 1 N–H and O–H groups in total. The average molecular weight is 294 g/mol. The summed E-state index contributed by atoms with van der Waals surface area (Å²) >= 11 is 6.00. The zero-order valence-electron chi connectivity index (χ0n) is 10.7. The van der Waals surface area contributed by atoms with E-state index in [9.17, 15) is 10.1 Å². The zero-order valence-corrected chi connectivity index (χ0v) is 11.4. The van der Waals surface area contributed by atoms with Gasteiger partial charge in [0.1, 0.15) is 0 Å². The number of halogens is 1. The second kappa shape index (κ2) is 6.21. The first kappa shape index (κ1) is 14.1. The highest BCUT2D eigenvalue weighted by Gasteiger charge is 2.10. The number of hydrogen-bond donors (Lipinski definition) is 1. The fraction of sp³-hybridized carbons (Fsp3) is 0.154. The summed E-state index contributed by atoms with van der Waals surface area (Å²) in [6, 6.07) is 7.96. The zero-order chi connectivity index (χ0) is 14.5. The second-order valence-electron chi connectivity index (χ2n) is 3.95. The number of nitro groups is 1. The van der Waals surface area contributed by atoms with Crippen LogP contribution in [0.15, 0.2) is 36.5 Å². The lowest BCUT2D eigenvalue weighted by Gasteiger charge is -2.10. The van der Waals surface area contributed by atoms with Gasteiger partial charge in [0.05, 0.1) is 22.7 Å². The van der Waals surface area contributed by atoms with Crippen molar-refractivity contribution in [1.29, 1.82) is 0 Å². The van der Waals surface area contributed by atoms with Crippen molar-refractivity contribution in [1.82, 2.24) is 4.98 Å². The smallest absolute Gasteiger partial charge is 0.271 e. The Bertz CT molecular complexity index is 634. The number of rotatable bonds is 5. The van der Waals surface area contributed by atoms with E-state index in [1.54, 1.807) is 25.4 Å². The number of aromatic nitrogens is 1. The normalized spacial score (nSPS) is 10.1. The molecule has 0 aliphatic heterocycles. The van der Waals surface area contributed by atoms with Crippen LogP contribution in [0.25, 0.3) is 0 Å². The molecule has 20 heavy (non-hydrogen) atoms. The molecule has 0 atom stereocenters. The molecular weight excluding hydrogens is 282 g/mol. The minimum Gasteiger partial charge on any atom is -0.481 e. The lowest BCUT2D eigenvalue weighted by atomic mass is 10.2. The van der Waals surface area contributed by atoms with E-state index in [0.717, 1.165) is 5.56 Å². The summed E-state index contributed by atoms with van der Waals surface area (Å²) in [6.45, 7) is 0.453. The van der Waals surface area contributed by atoms with Crippen LogP contribution in [0, 0.1) is 10.1 Å². The number of anilines is 1. The second-order valence-corrected chi connectivity index (χ2v) is 4.35. The summed E-state index contributed by atoms with van der Waals surface area (Å²) in [7, 11) is 1.55. The monoisotopic (exact) mass is 293 g/mol. The Morgan fingerprint density at radius 3 is 2.90 bits per heavy atom. The van der Waals surface area contributed by atoms with E-state index in [4.69, 9.17) is 16.3 Å². The summed E-state index contributed by atoms with van der Waals surface area (Å²) in [4.78, 5) is 14.2. The SMILES string of the molecule is COc1ncccc1CNc1ccc([N+](=O)[O-])cc1Cl. The Hall–Kier alpha value is -2.34. The molecule has 1 aromatic carbocycles. The largest absolute Gasteiger partial charge is 0.481 e. The summed E-state index contributed by atoms with van der Waals surface area (Å²) in [5.41, 5.74) is 1.44. The summed E-state index contributed by atoms with van der Waals surface area (Å²) < 4.78 is 5.14. The van der Waals surface area contributed by atoms with Crippen LogP contribution in [-0.4, -0.2) is 17.0 Å². The lowest BCUT2D eigenvalue weighted by molar-refractivity contribution is -0.384. The number of benzene rings is 1. The van der Waals surface area contributed by atoms with Crippen molar-refractivity contribution in [2.75, 3.05) is 12.4 Å². The number of nitrogens with one attached hydrogen (secondary N) is 1. The van der Waals surface area contributed by atoms with Gasteiger partial charge in [-0.1, -0.05) is 17.7 Å². The number of nitro benzene ring substituents is 1. The minimum atomic E-state index is -0.486. The van der Waals surface area contributed by atoms with Gasteiger partial charge in [0.2, 0.25) is 5.88 Å². The van der Waals surface area contributed by atoms with Gasteiger partial charge < -0.3 is 10.1 Å². The molecule has 104 valence electrons. The van der Waals surface area contributed by atoms with E-state index < -0.39 is 4.92 Å². The number of pyridine rings is 1. The van der Waals surface area contributed by atoms with Crippen molar-refractivity contribution < 1.29 is 9.66 Å². The molecule has 7 heteroatoms. The van der Waals surface area contributed by atoms with Crippen LogP contribution < -0.4 is 10.1 Å². The fourth-order valence-electron chi connectivity index (χ4n) is 1.69. The molecule has 1 aromatic heterocycles. The molecular formula is C13H12ClN3O3. The van der Waals surface area contributed by atoms with Crippen molar-refractivity contribution in [3.8, 4) is 5.88 Å². The van der Waals surface area contributed by atoms with Crippen LogP contribution in [0.3, 0.4) is 0 Å². The number of ether oxygens (including phenoxy) is 1. The quantitative estimate of drug-likeness (QED) is 0.676. The molecule has 0 fully saturated rings. The molecule has 0 saturated carbocycles. The summed E-state index contributed by atoms with van der Waals surface area (Å²) in [5.74, 6) is 0.526. The molecule has 0 aliphatic carbocycles. The van der Waals surface area contributed by atoms with E-state index in [1.807, 2.05) is 6.07 Å². The minimum absolute atomic E-state index is 0.0421. The van der Waals surface area contributed by atoms with E-state index in [2.05, 4.69) is 10.3 Å². The standard InChI is InChI=1S/C13H12ClN3O3/c1-20-13-9(3-2-6-15-13)8-16-12-5-4-10(17(18)19)7-11(12)14/h2-7,16H,8H2,1H3. The first-order valence-corrected chi connectivity index (χ1v) is 6.15. The van der Waals surface area contributed by atoms with Crippen LogP contribution in [-0.2, 0) is 6.54 Å². The molecule has 0 radical (unpaired) electrons. The molecule has 0 saturated heterocycles. The van der Waals surface area contributed by atoms with Crippen molar-refractivity contribution in [3.63, 3.8) is 0 Å². The molecule has 0 bridgehead atoms.